The highest BCUT2D eigenvalue weighted by atomic mass is 32.2. The first-order valence-corrected chi connectivity index (χ1v) is 10.6. The first-order valence-electron chi connectivity index (χ1n) is 9.51. The number of carbonyl (C=O) groups is 1. The molecule has 1 aliphatic rings. The lowest BCUT2D eigenvalue weighted by molar-refractivity contribution is -0.113. The van der Waals surface area contributed by atoms with E-state index in [4.69, 9.17) is 5.10 Å². The first kappa shape index (κ1) is 18.8. The topological polar surface area (TPSA) is 46.9 Å². The summed E-state index contributed by atoms with van der Waals surface area (Å²) >= 11 is 1.67. The van der Waals surface area contributed by atoms with Crippen LogP contribution >= 0.6 is 11.8 Å². The van der Waals surface area contributed by atoms with Crippen LogP contribution in [0.4, 0.5) is 5.82 Å². The number of anilines is 1. The maximum Gasteiger partial charge on any atom is 0.235 e. The molecule has 4 nitrogen and oxygen atoms in total. The van der Waals surface area contributed by atoms with Gasteiger partial charge in [0.05, 0.1) is 22.4 Å². The second-order valence-electron chi connectivity index (χ2n) is 8.26. The second-order valence-corrected chi connectivity index (χ2v) is 9.35. The fourth-order valence-electron chi connectivity index (χ4n) is 3.52. The van der Waals surface area contributed by atoms with E-state index in [9.17, 15) is 4.79 Å². The van der Waals surface area contributed by atoms with Gasteiger partial charge in [0.25, 0.3) is 0 Å². The van der Waals surface area contributed by atoms with Crippen molar-refractivity contribution < 1.29 is 4.79 Å². The van der Waals surface area contributed by atoms with E-state index in [1.807, 2.05) is 35.0 Å². The molecule has 1 atom stereocenters. The van der Waals surface area contributed by atoms with Gasteiger partial charge in [0.15, 0.2) is 0 Å². The van der Waals surface area contributed by atoms with Gasteiger partial charge in [-0.3, -0.25) is 4.79 Å². The molecule has 28 heavy (non-hydrogen) atoms. The zero-order chi connectivity index (χ0) is 19.9. The van der Waals surface area contributed by atoms with Crippen molar-refractivity contribution >= 4 is 23.5 Å². The molecule has 1 amide bonds. The Morgan fingerprint density at radius 3 is 2.39 bits per heavy atom. The number of benzene rings is 2. The molecule has 0 bridgehead atoms. The highest BCUT2D eigenvalue weighted by Crippen LogP contribution is 2.46. The molecular formula is C23H25N3OS. The van der Waals surface area contributed by atoms with Gasteiger partial charge in [-0.2, -0.15) is 5.10 Å². The molecule has 2 aromatic carbocycles. The molecule has 0 fully saturated rings. The van der Waals surface area contributed by atoms with Gasteiger partial charge in [0, 0.05) is 11.0 Å². The average Bonchev–Trinajstić information content (AvgIpc) is 2.95. The van der Waals surface area contributed by atoms with E-state index in [0.717, 1.165) is 22.8 Å². The van der Waals surface area contributed by atoms with E-state index >= 15 is 0 Å². The van der Waals surface area contributed by atoms with E-state index < -0.39 is 0 Å². The lowest BCUT2D eigenvalue weighted by Gasteiger charge is -2.22. The van der Waals surface area contributed by atoms with Gasteiger partial charge >= 0.3 is 0 Å². The highest BCUT2D eigenvalue weighted by molar-refractivity contribution is 8.00. The van der Waals surface area contributed by atoms with Crippen molar-refractivity contribution in [2.24, 2.45) is 0 Å². The Labute approximate surface area is 170 Å². The first-order chi connectivity index (χ1) is 13.3. The number of nitrogens with one attached hydrogen (secondary N) is 1. The number of para-hydroxylation sites is 1. The Balaban J connectivity index is 1.98. The molecule has 0 spiro atoms. The third-order valence-electron chi connectivity index (χ3n) is 4.91. The van der Waals surface area contributed by atoms with Gasteiger partial charge in [-0.25, -0.2) is 4.68 Å². The maximum atomic E-state index is 12.5. The molecule has 144 valence electrons. The summed E-state index contributed by atoms with van der Waals surface area (Å²) in [5.41, 5.74) is 5.36. The summed E-state index contributed by atoms with van der Waals surface area (Å²) < 4.78 is 1.89. The summed E-state index contributed by atoms with van der Waals surface area (Å²) in [6.07, 6.45) is 0. The third kappa shape index (κ3) is 3.47. The van der Waals surface area contributed by atoms with E-state index in [1.54, 1.807) is 11.8 Å². The standard InChI is InChI=1S/C23H25N3OS/c1-15-10-12-16(13-11-15)20-19-21(23(2,3)4)25-26(17-8-6-5-7-9-17)22(19)24-18(27)14-28-20/h5-13,20H,14H2,1-4H3,(H,24,27). The van der Waals surface area contributed by atoms with Crippen molar-refractivity contribution in [3.05, 3.63) is 77.0 Å². The van der Waals surface area contributed by atoms with Crippen molar-refractivity contribution in [2.75, 3.05) is 11.1 Å². The van der Waals surface area contributed by atoms with Crippen LogP contribution in [0.25, 0.3) is 5.69 Å². The molecule has 3 aromatic rings. The maximum absolute atomic E-state index is 12.5. The Morgan fingerprint density at radius 2 is 1.75 bits per heavy atom. The van der Waals surface area contributed by atoms with Crippen LogP contribution in [0, 0.1) is 6.92 Å². The lowest BCUT2D eigenvalue weighted by Crippen LogP contribution is -2.16. The van der Waals surface area contributed by atoms with Crippen molar-refractivity contribution in [1.82, 2.24) is 9.78 Å². The van der Waals surface area contributed by atoms with Crippen LogP contribution in [-0.4, -0.2) is 21.4 Å². The van der Waals surface area contributed by atoms with Crippen LogP contribution in [0.3, 0.4) is 0 Å². The number of amides is 1. The van der Waals surface area contributed by atoms with Crippen LogP contribution < -0.4 is 5.32 Å². The van der Waals surface area contributed by atoms with Crippen molar-refractivity contribution in [2.45, 2.75) is 38.4 Å². The summed E-state index contributed by atoms with van der Waals surface area (Å²) in [4.78, 5) is 12.5. The number of aryl methyl sites for hydroxylation is 1. The minimum Gasteiger partial charge on any atom is -0.310 e. The van der Waals surface area contributed by atoms with E-state index in [1.165, 1.54) is 11.1 Å². The van der Waals surface area contributed by atoms with Crippen LogP contribution in [0.1, 0.15) is 48.4 Å². The van der Waals surface area contributed by atoms with Crippen molar-refractivity contribution in [1.29, 1.82) is 0 Å². The predicted octanol–water partition coefficient (Wildman–Crippen LogP) is 5.25. The Bertz CT molecular complexity index is 1000. The normalized spacial score (nSPS) is 17.0. The van der Waals surface area contributed by atoms with Crippen molar-refractivity contribution in [3.8, 4) is 5.69 Å². The molecule has 1 aliphatic heterocycles. The number of rotatable bonds is 2. The minimum atomic E-state index is -0.150. The fraction of sp³-hybridized carbons (Fsp3) is 0.304. The van der Waals surface area contributed by atoms with E-state index in [0.29, 0.717) is 5.75 Å². The number of thioether (sulfide) groups is 1. The molecule has 1 aromatic heterocycles. The molecule has 5 heteroatoms. The van der Waals surface area contributed by atoms with E-state index in [-0.39, 0.29) is 16.6 Å². The monoisotopic (exact) mass is 391 g/mol. The van der Waals surface area contributed by atoms with Gasteiger partial charge in [-0.1, -0.05) is 68.8 Å². The Morgan fingerprint density at radius 1 is 1.07 bits per heavy atom. The van der Waals surface area contributed by atoms with Gasteiger partial charge in [0.1, 0.15) is 5.82 Å². The lowest BCUT2D eigenvalue weighted by atomic mass is 9.87. The molecule has 0 aliphatic carbocycles. The third-order valence-corrected chi connectivity index (χ3v) is 6.18. The van der Waals surface area contributed by atoms with Gasteiger partial charge in [-0.15, -0.1) is 11.8 Å². The largest absolute Gasteiger partial charge is 0.310 e. The zero-order valence-electron chi connectivity index (χ0n) is 16.7. The van der Waals surface area contributed by atoms with Crippen LogP contribution in [-0.2, 0) is 10.2 Å². The Kier molecular flexibility index (Phi) is 4.79. The number of aromatic nitrogens is 2. The minimum absolute atomic E-state index is 0.0124. The second kappa shape index (κ2) is 7.13. The number of fused-ring (bicyclic) bond motifs is 1. The van der Waals surface area contributed by atoms with Gasteiger partial charge in [0.2, 0.25) is 5.91 Å². The summed E-state index contributed by atoms with van der Waals surface area (Å²) in [7, 11) is 0. The zero-order valence-corrected chi connectivity index (χ0v) is 17.5. The Hall–Kier alpha value is -2.53. The number of nitrogens with zero attached hydrogens (tertiary/aromatic N) is 2. The van der Waals surface area contributed by atoms with Crippen LogP contribution in [0.2, 0.25) is 0 Å². The predicted molar refractivity (Wildman–Crippen MR) is 116 cm³/mol. The SMILES string of the molecule is Cc1ccc(C2SCC(=O)Nc3c2c(C(C)(C)C)nn3-c2ccccc2)cc1. The molecule has 0 radical (unpaired) electrons. The molecule has 0 saturated carbocycles. The quantitative estimate of drug-likeness (QED) is 0.649. The smallest absolute Gasteiger partial charge is 0.235 e. The summed E-state index contributed by atoms with van der Waals surface area (Å²) in [5, 5.41) is 8.18. The molecule has 0 saturated heterocycles. The summed E-state index contributed by atoms with van der Waals surface area (Å²) in [6, 6.07) is 18.6. The number of hydrogen-bond acceptors (Lipinski definition) is 3. The van der Waals surface area contributed by atoms with Crippen LogP contribution in [0.15, 0.2) is 54.6 Å². The highest BCUT2D eigenvalue weighted by Gasteiger charge is 2.35. The van der Waals surface area contributed by atoms with Gasteiger partial charge < -0.3 is 5.32 Å². The van der Waals surface area contributed by atoms with Crippen molar-refractivity contribution in [3.63, 3.8) is 0 Å². The summed E-state index contributed by atoms with van der Waals surface area (Å²) in [5.74, 6) is 1.22. The van der Waals surface area contributed by atoms with E-state index in [2.05, 4.69) is 57.3 Å². The average molecular weight is 392 g/mol. The number of carbonyl (C=O) groups excluding carboxylic acids is 1. The molecule has 2 heterocycles. The molecule has 4 rings (SSSR count). The molecule has 1 unspecified atom stereocenters. The molecular weight excluding hydrogens is 366 g/mol. The van der Waals surface area contributed by atoms with Gasteiger partial charge in [-0.05, 0) is 24.6 Å². The summed E-state index contributed by atoms with van der Waals surface area (Å²) in [6.45, 7) is 8.62. The molecule has 1 N–H and O–H groups in total. The fourth-order valence-corrected chi connectivity index (χ4v) is 4.65. The number of hydrogen-bond donors (Lipinski definition) is 1. The van der Waals surface area contributed by atoms with Crippen LogP contribution in [0.5, 0.6) is 0 Å².